The molecule has 19 heavy (non-hydrogen) atoms. The van der Waals surface area contributed by atoms with Gasteiger partial charge in [-0.3, -0.25) is 4.79 Å². The Morgan fingerprint density at radius 1 is 1.21 bits per heavy atom. The molecule has 1 amide bonds. The van der Waals surface area contributed by atoms with E-state index in [-0.39, 0.29) is 5.91 Å². The third-order valence-electron chi connectivity index (χ3n) is 3.06. The lowest BCUT2D eigenvalue weighted by Gasteiger charge is -2.17. The third-order valence-corrected chi connectivity index (χ3v) is 3.06. The molecule has 1 aromatic rings. The topological polar surface area (TPSA) is 32.3 Å². The maximum Gasteiger partial charge on any atom is 0.223 e. The van der Waals surface area contributed by atoms with Crippen molar-refractivity contribution in [2.75, 3.05) is 26.2 Å². The molecule has 0 spiro atoms. The van der Waals surface area contributed by atoms with E-state index in [1.807, 2.05) is 42.5 Å². The van der Waals surface area contributed by atoms with E-state index in [1.54, 1.807) is 0 Å². The Kier molecular flexibility index (Phi) is 7.59. The first-order valence-electron chi connectivity index (χ1n) is 6.97. The zero-order valence-electron chi connectivity index (χ0n) is 11.9. The first-order chi connectivity index (χ1) is 9.26. The molecule has 0 unspecified atom stereocenters. The van der Waals surface area contributed by atoms with Crippen molar-refractivity contribution in [1.82, 2.24) is 10.2 Å². The van der Waals surface area contributed by atoms with Gasteiger partial charge in [-0.25, -0.2) is 0 Å². The molecule has 0 aliphatic rings. The van der Waals surface area contributed by atoms with Gasteiger partial charge in [-0.15, -0.1) is 0 Å². The van der Waals surface area contributed by atoms with Crippen LogP contribution in [-0.4, -0.2) is 37.0 Å². The summed E-state index contributed by atoms with van der Waals surface area (Å²) in [5, 5.41) is 2.94. The molecule has 0 fully saturated rings. The summed E-state index contributed by atoms with van der Waals surface area (Å²) in [5.41, 5.74) is 1.12. The highest BCUT2D eigenvalue weighted by Gasteiger charge is 2.00. The Morgan fingerprint density at radius 3 is 2.53 bits per heavy atom. The predicted octanol–water partition coefficient (Wildman–Crippen LogP) is 2.55. The second-order valence-electron chi connectivity index (χ2n) is 4.39. The number of amides is 1. The largest absolute Gasteiger partial charge is 0.355 e. The monoisotopic (exact) mass is 260 g/mol. The van der Waals surface area contributed by atoms with E-state index in [1.165, 1.54) is 0 Å². The van der Waals surface area contributed by atoms with Gasteiger partial charge in [0.05, 0.1) is 0 Å². The Balaban J connectivity index is 2.19. The molecule has 0 saturated heterocycles. The van der Waals surface area contributed by atoms with E-state index in [2.05, 4.69) is 24.1 Å². The predicted molar refractivity (Wildman–Crippen MR) is 80.9 cm³/mol. The number of carbonyl (C=O) groups excluding carboxylic acids is 1. The number of hydrogen-bond donors (Lipinski definition) is 1. The lowest BCUT2D eigenvalue weighted by atomic mass is 10.2. The van der Waals surface area contributed by atoms with Crippen LogP contribution < -0.4 is 5.32 Å². The van der Waals surface area contributed by atoms with Crippen molar-refractivity contribution in [3.05, 3.63) is 42.0 Å². The second-order valence-corrected chi connectivity index (χ2v) is 4.39. The Labute approximate surface area is 116 Å². The minimum absolute atomic E-state index is 0.0827. The minimum atomic E-state index is 0.0827. The molecule has 0 radical (unpaired) electrons. The van der Waals surface area contributed by atoms with Crippen LogP contribution in [0.1, 0.15) is 25.8 Å². The fourth-order valence-corrected chi connectivity index (χ4v) is 1.83. The highest BCUT2D eigenvalue weighted by molar-refractivity contribution is 5.78. The van der Waals surface area contributed by atoms with Gasteiger partial charge in [0.25, 0.3) is 0 Å². The Bertz CT molecular complexity index is 383. The number of hydrogen-bond acceptors (Lipinski definition) is 2. The molecular weight excluding hydrogens is 236 g/mol. The van der Waals surface area contributed by atoms with E-state index < -0.39 is 0 Å². The summed E-state index contributed by atoms with van der Waals surface area (Å²) in [7, 11) is 0. The van der Waals surface area contributed by atoms with Crippen molar-refractivity contribution >= 4 is 12.0 Å². The fraction of sp³-hybridized carbons (Fsp3) is 0.438. The van der Waals surface area contributed by atoms with Crippen LogP contribution in [0.3, 0.4) is 0 Å². The zero-order chi connectivity index (χ0) is 13.9. The van der Waals surface area contributed by atoms with E-state index >= 15 is 0 Å². The second kappa shape index (κ2) is 9.34. The maximum atomic E-state index is 11.6. The number of nitrogens with zero attached hydrogens (tertiary/aromatic N) is 1. The quantitative estimate of drug-likeness (QED) is 0.779. The fourth-order valence-electron chi connectivity index (χ4n) is 1.83. The van der Waals surface area contributed by atoms with Crippen LogP contribution in [0.15, 0.2) is 36.4 Å². The summed E-state index contributed by atoms with van der Waals surface area (Å²) < 4.78 is 0. The first kappa shape index (κ1) is 15.4. The molecule has 0 atom stereocenters. The number of nitrogens with one attached hydrogen (secondary N) is 1. The van der Waals surface area contributed by atoms with E-state index in [0.717, 1.165) is 31.7 Å². The standard InChI is InChI=1S/C16H24N2O/c1-3-18(4-2)14-13-17-16(19)12-8-11-15-9-6-5-7-10-15/h5-11H,3-4,12-14H2,1-2H3,(H,17,19)/b11-8+. The van der Waals surface area contributed by atoms with Gasteiger partial charge < -0.3 is 10.2 Å². The molecule has 104 valence electrons. The summed E-state index contributed by atoms with van der Waals surface area (Å²) in [5.74, 6) is 0.0827. The summed E-state index contributed by atoms with van der Waals surface area (Å²) >= 11 is 0. The third kappa shape index (κ3) is 6.77. The molecule has 0 bridgehead atoms. The SMILES string of the molecule is CCN(CC)CCNC(=O)C/C=C/c1ccccc1. The lowest BCUT2D eigenvalue weighted by molar-refractivity contribution is -0.120. The van der Waals surface area contributed by atoms with E-state index in [9.17, 15) is 4.79 Å². The van der Waals surface area contributed by atoms with Crippen LogP contribution in [0.2, 0.25) is 0 Å². The smallest absolute Gasteiger partial charge is 0.223 e. The van der Waals surface area contributed by atoms with Gasteiger partial charge >= 0.3 is 0 Å². The molecule has 3 heteroatoms. The minimum Gasteiger partial charge on any atom is -0.355 e. The maximum absolute atomic E-state index is 11.6. The van der Waals surface area contributed by atoms with Crippen molar-refractivity contribution in [1.29, 1.82) is 0 Å². The van der Waals surface area contributed by atoms with E-state index in [0.29, 0.717) is 6.42 Å². The normalized spacial score (nSPS) is 11.1. The number of carbonyl (C=O) groups is 1. The summed E-state index contributed by atoms with van der Waals surface area (Å²) in [6, 6.07) is 10.0. The molecule has 1 N–H and O–H groups in total. The average molecular weight is 260 g/mol. The average Bonchev–Trinajstić information content (AvgIpc) is 2.45. The highest BCUT2D eigenvalue weighted by atomic mass is 16.1. The van der Waals surface area contributed by atoms with Crippen LogP contribution in [0.4, 0.5) is 0 Å². The van der Waals surface area contributed by atoms with Crippen LogP contribution in [0, 0.1) is 0 Å². The molecule has 0 aromatic heterocycles. The van der Waals surface area contributed by atoms with Crippen LogP contribution in [0.25, 0.3) is 6.08 Å². The van der Waals surface area contributed by atoms with Crippen molar-refractivity contribution in [2.45, 2.75) is 20.3 Å². The van der Waals surface area contributed by atoms with Gasteiger partial charge in [0.2, 0.25) is 5.91 Å². The summed E-state index contributed by atoms with van der Waals surface area (Å²) in [6.45, 7) is 7.96. The first-order valence-corrected chi connectivity index (χ1v) is 6.97. The number of rotatable bonds is 8. The molecule has 0 aliphatic heterocycles. The molecular formula is C16H24N2O. The van der Waals surface area contributed by atoms with Gasteiger partial charge in [-0.05, 0) is 18.7 Å². The molecule has 0 aliphatic carbocycles. The highest BCUT2D eigenvalue weighted by Crippen LogP contribution is 2.01. The van der Waals surface area contributed by atoms with Crippen LogP contribution in [-0.2, 0) is 4.79 Å². The molecule has 1 aromatic carbocycles. The van der Waals surface area contributed by atoms with E-state index in [4.69, 9.17) is 0 Å². The van der Waals surface area contributed by atoms with Crippen molar-refractivity contribution < 1.29 is 4.79 Å². The lowest BCUT2D eigenvalue weighted by Crippen LogP contribution is -2.34. The molecule has 0 heterocycles. The van der Waals surface area contributed by atoms with Gasteiger partial charge in [-0.1, -0.05) is 56.3 Å². The van der Waals surface area contributed by atoms with Gasteiger partial charge in [-0.2, -0.15) is 0 Å². The Morgan fingerprint density at radius 2 is 1.89 bits per heavy atom. The van der Waals surface area contributed by atoms with Crippen molar-refractivity contribution in [3.8, 4) is 0 Å². The van der Waals surface area contributed by atoms with Crippen molar-refractivity contribution in [2.24, 2.45) is 0 Å². The van der Waals surface area contributed by atoms with Crippen LogP contribution >= 0.6 is 0 Å². The number of likely N-dealkylation sites (N-methyl/N-ethyl adjacent to an activating group) is 1. The molecule has 3 nitrogen and oxygen atoms in total. The van der Waals surface area contributed by atoms with Gasteiger partial charge in [0.1, 0.15) is 0 Å². The van der Waals surface area contributed by atoms with Crippen LogP contribution in [0.5, 0.6) is 0 Å². The summed E-state index contributed by atoms with van der Waals surface area (Å²) in [6.07, 6.45) is 4.32. The van der Waals surface area contributed by atoms with Gasteiger partial charge in [0.15, 0.2) is 0 Å². The molecule has 1 rings (SSSR count). The molecule has 0 saturated carbocycles. The Hall–Kier alpha value is -1.61. The van der Waals surface area contributed by atoms with Crippen molar-refractivity contribution in [3.63, 3.8) is 0 Å². The zero-order valence-corrected chi connectivity index (χ0v) is 11.9. The van der Waals surface area contributed by atoms with Gasteiger partial charge in [0, 0.05) is 19.5 Å². The number of benzene rings is 1. The summed E-state index contributed by atoms with van der Waals surface area (Å²) in [4.78, 5) is 13.9.